The predicted molar refractivity (Wildman–Crippen MR) is 118 cm³/mol. The molecule has 9 nitrogen and oxygen atoms in total. The fraction of sp³-hybridized carbons (Fsp3) is 0.429. The molecule has 2 N–H and O–H groups in total. The summed E-state index contributed by atoms with van der Waals surface area (Å²) in [6.07, 6.45) is 4.82. The molecule has 10 heteroatoms. The lowest BCUT2D eigenvalue weighted by Gasteiger charge is -2.34. The van der Waals surface area contributed by atoms with Gasteiger partial charge >= 0.3 is 0 Å². The Hall–Kier alpha value is -3.01. The van der Waals surface area contributed by atoms with E-state index in [1.165, 1.54) is 4.57 Å². The van der Waals surface area contributed by atoms with Crippen LogP contribution in [0.3, 0.4) is 0 Å². The molecule has 3 heterocycles. The highest BCUT2D eigenvalue weighted by Crippen LogP contribution is 2.45. The van der Waals surface area contributed by atoms with Gasteiger partial charge in [0.15, 0.2) is 17.2 Å². The number of aryl methyl sites for hydroxylation is 1. The quantitative estimate of drug-likeness (QED) is 0.635. The summed E-state index contributed by atoms with van der Waals surface area (Å²) in [5, 5.41) is 3.19. The highest BCUT2D eigenvalue weighted by molar-refractivity contribution is 7.92. The molecule has 1 saturated carbocycles. The number of hydrogen-bond donors (Lipinski definition) is 2. The van der Waals surface area contributed by atoms with Crippen molar-refractivity contribution in [2.75, 3.05) is 22.8 Å². The number of aromatic nitrogens is 2. The molecule has 0 radical (unpaired) electrons. The van der Waals surface area contributed by atoms with Crippen molar-refractivity contribution < 1.29 is 17.6 Å². The summed E-state index contributed by atoms with van der Waals surface area (Å²) in [6, 6.07) is 3.34. The highest BCUT2D eigenvalue weighted by atomic mass is 32.2. The van der Waals surface area contributed by atoms with Crippen molar-refractivity contribution in [3.63, 3.8) is 0 Å². The topological polar surface area (TPSA) is 115 Å². The number of oxazole rings is 1. The van der Waals surface area contributed by atoms with Crippen molar-refractivity contribution in [2.45, 2.75) is 38.2 Å². The second-order valence-corrected chi connectivity index (χ2v) is 10.7. The van der Waals surface area contributed by atoms with Gasteiger partial charge in [-0.15, -0.1) is 0 Å². The number of fused-ring (bicyclic) bond motifs is 2. The van der Waals surface area contributed by atoms with Crippen LogP contribution >= 0.6 is 0 Å². The molecule has 1 aromatic carbocycles. The third kappa shape index (κ3) is 3.65. The van der Waals surface area contributed by atoms with Gasteiger partial charge in [0.25, 0.3) is 5.56 Å². The zero-order valence-corrected chi connectivity index (χ0v) is 18.6. The maximum atomic E-state index is 12.7. The molecule has 2 aliphatic rings. The van der Waals surface area contributed by atoms with E-state index in [0.29, 0.717) is 51.8 Å². The van der Waals surface area contributed by atoms with Crippen molar-refractivity contribution in [1.82, 2.24) is 9.55 Å². The minimum absolute atomic E-state index is 0.199. The van der Waals surface area contributed by atoms with Crippen molar-refractivity contribution in [1.29, 1.82) is 0 Å². The Balaban J connectivity index is 1.80. The summed E-state index contributed by atoms with van der Waals surface area (Å²) in [5.41, 5.74) is 2.35. The van der Waals surface area contributed by atoms with Gasteiger partial charge in [-0.05, 0) is 32.8 Å². The molecule has 0 amide bonds. The molecule has 5 rings (SSSR count). The van der Waals surface area contributed by atoms with Crippen LogP contribution in [0.2, 0.25) is 0 Å². The number of anilines is 2. The largest absolute Gasteiger partial charge is 0.483 e. The Kier molecular flexibility index (Phi) is 4.17. The van der Waals surface area contributed by atoms with Gasteiger partial charge in [0.1, 0.15) is 16.8 Å². The molecule has 0 bridgehead atoms. The number of sulfonamides is 1. The molecular formula is C21H24N4O5S. The zero-order chi connectivity index (χ0) is 22.1. The van der Waals surface area contributed by atoms with Crippen LogP contribution in [0.4, 0.5) is 11.4 Å². The first-order chi connectivity index (χ1) is 14.5. The smallest absolute Gasteiger partial charge is 0.277 e. The molecule has 1 fully saturated rings. The number of hydrogen-bond acceptors (Lipinski definition) is 7. The second-order valence-electron chi connectivity index (χ2n) is 8.95. The van der Waals surface area contributed by atoms with Crippen molar-refractivity contribution in [3.8, 4) is 16.9 Å². The summed E-state index contributed by atoms with van der Waals surface area (Å²) >= 11 is 0. The SMILES string of the molecule is Cn1cc(-c2cc(NS(C)(=O)=O)cc3oc(C4CC4)nc23)c2c(c1=O)NCC(C)(C)O2. The number of nitrogens with zero attached hydrogens (tertiary/aromatic N) is 2. The van der Waals surface area contributed by atoms with Crippen LogP contribution in [-0.4, -0.2) is 36.4 Å². The molecule has 0 spiro atoms. The number of rotatable bonds is 4. The number of ether oxygens (including phenoxy) is 1. The maximum absolute atomic E-state index is 12.7. The molecule has 2 aromatic heterocycles. The lowest BCUT2D eigenvalue weighted by molar-refractivity contribution is 0.116. The number of pyridine rings is 1. The van der Waals surface area contributed by atoms with Crippen LogP contribution in [0.25, 0.3) is 22.2 Å². The van der Waals surface area contributed by atoms with Crippen LogP contribution < -0.4 is 20.3 Å². The van der Waals surface area contributed by atoms with Crippen molar-refractivity contribution >= 4 is 32.5 Å². The molecule has 0 atom stereocenters. The van der Waals surface area contributed by atoms with Crippen molar-refractivity contribution in [2.24, 2.45) is 7.05 Å². The van der Waals surface area contributed by atoms with E-state index in [-0.39, 0.29) is 11.5 Å². The van der Waals surface area contributed by atoms with Gasteiger partial charge in [-0.3, -0.25) is 9.52 Å². The average molecular weight is 445 g/mol. The normalized spacial score (nSPS) is 17.7. The molecule has 164 valence electrons. The Labute approximate surface area is 179 Å². The van der Waals surface area contributed by atoms with E-state index in [0.717, 1.165) is 19.1 Å². The Bertz CT molecular complexity index is 1380. The third-order valence-corrected chi connectivity index (χ3v) is 6.04. The van der Waals surface area contributed by atoms with Crippen LogP contribution in [0.15, 0.2) is 27.5 Å². The summed E-state index contributed by atoms with van der Waals surface area (Å²) < 4.78 is 40.0. The van der Waals surface area contributed by atoms with Gasteiger partial charge in [0, 0.05) is 36.4 Å². The highest BCUT2D eigenvalue weighted by Gasteiger charge is 2.33. The Morgan fingerprint density at radius 1 is 1.26 bits per heavy atom. The minimum Gasteiger partial charge on any atom is -0.483 e. The summed E-state index contributed by atoms with van der Waals surface area (Å²) in [6.45, 7) is 4.35. The second kappa shape index (κ2) is 6.49. The molecule has 31 heavy (non-hydrogen) atoms. The van der Waals surface area contributed by atoms with E-state index >= 15 is 0 Å². The van der Waals surface area contributed by atoms with Gasteiger partial charge in [0.2, 0.25) is 10.0 Å². The van der Waals surface area contributed by atoms with Gasteiger partial charge in [-0.1, -0.05) is 0 Å². The van der Waals surface area contributed by atoms with Gasteiger partial charge in [0.05, 0.1) is 18.5 Å². The van der Waals surface area contributed by atoms with E-state index in [4.69, 9.17) is 14.1 Å². The third-order valence-electron chi connectivity index (χ3n) is 5.43. The zero-order valence-electron chi connectivity index (χ0n) is 17.8. The molecule has 1 aliphatic carbocycles. The lowest BCUT2D eigenvalue weighted by Crippen LogP contribution is -2.42. The van der Waals surface area contributed by atoms with Crippen molar-refractivity contribution in [3.05, 3.63) is 34.6 Å². The van der Waals surface area contributed by atoms with Crippen LogP contribution in [0.5, 0.6) is 5.75 Å². The first kappa shape index (κ1) is 19.9. The van der Waals surface area contributed by atoms with Crippen LogP contribution in [0.1, 0.15) is 38.5 Å². The average Bonchev–Trinajstić information content (AvgIpc) is 3.41. The van der Waals surface area contributed by atoms with E-state index in [1.54, 1.807) is 25.4 Å². The number of benzene rings is 1. The fourth-order valence-electron chi connectivity index (χ4n) is 3.82. The first-order valence-corrected chi connectivity index (χ1v) is 12.0. The molecule has 0 saturated heterocycles. The lowest BCUT2D eigenvalue weighted by atomic mass is 10.0. The van der Waals surface area contributed by atoms with E-state index in [9.17, 15) is 13.2 Å². The number of nitrogens with one attached hydrogen (secondary N) is 2. The molecule has 3 aromatic rings. The molecule has 0 unspecified atom stereocenters. The molecular weight excluding hydrogens is 420 g/mol. The predicted octanol–water partition coefficient (Wildman–Crippen LogP) is 3.03. The summed E-state index contributed by atoms with van der Waals surface area (Å²) in [7, 11) is -1.84. The summed E-state index contributed by atoms with van der Waals surface area (Å²) in [5.74, 6) is 1.36. The van der Waals surface area contributed by atoms with Gasteiger partial charge in [-0.25, -0.2) is 13.4 Å². The van der Waals surface area contributed by atoms with Crippen LogP contribution in [0, 0.1) is 0 Å². The molecule has 1 aliphatic heterocycles. The minimum atomic E-state index is -3.50. The van der Waals surface area contributed by atoms with Gasteiger partial charge in [-0.2, -0.15) is 0 Å². The van der Waals surface area contributed by atoms with Gasteiger partial charge < -0.3 is 19.0 Å². The Morgan fingerprint density at radius 3 is 2.68 bits per heavy atom. The van der Waals surface area contributed by atoms with Crippen LogP contribution in [-0.2, 0) is 17.1 Å². The standard InChI is InChI=1S/C21H24N4O5S/c1-21(2)10-22-17-18(30-21)14(9-25(3)20(17)26)13-7-12(24-31(4,27)28)8-15-16(13)23-19(29-15)11-5-6-11/h7-9,11,22,24H,5-6,10H2,1-4H3. The Morgan fingerprint density at radius 2 is 2.00 bits per heavy atom. The monoisotopic (exact) mass is 444 g/mol. The van der Waals surface area contributed by atoms with E-state index < -0.39 is 15.6 Å². The fourth-order valence-corrected chi connectivity index (χ4v) is 4.36. The van der Waals surface area contributed by atoms with E-state index in [1.807, 2.05) is 13.8 Å². The van der Waals surface area contributed by atoms with E-state index in [2.05, 4.69) is 10.0 Å². The summed E-state index contributed by atoms with van der Waals surface area (Å²) in [4.78, 5) is 17.4. The first-order valence-electron chi connectivity index (χ1n) is 10.1. The maximum Gasteiger partial charge on any atom is 0.277 e.